The Kier molecular flexibility index (Phi) is 10.4. The maximum absolute atomic E-state index is 5.89. The fourth-order valence-electron chi connectivity index (χ4n) is 2.14. The summed E-state index contributed by atoms with van der Waals surface area (Å²) in [5.41, 5.74) is 0. The van der Waals surface area contributed by atoms with Gasteiger partial charge in [-0.1, -0.05) is 68.3 Å². The lowest BCUT2D eigenvalue weighted by atomic mass is 10.2. The van der Waals surface area contributed by atoms with Crippen LogP contribution in [0.4, 0.5) is 0 Å². The van der Waals surface area contributed by atoms with Crippen molar-refractivity contribution in [2.24, 2.45) is 0 Å². The van der Waals surface area contributed by atoms with E-state index in [4.69, 9.17) is 9.47 Å². The van der Waals surface area contributed by atoms with E-state index in [1.54, 1.807) is 0 Å². The highest BCUT2D eigenvalue weighted by atomic mass is 79.9. The van der Waals surface area contributed by atoms with E-state index in [0.29, 0.717) is 0 Å². The number of hydrogen-bond acceptors (Lipinski definition) is 2. The second kappa shape index (κ2) is 11.9. The van der Waals surface area contributed by atoms with Gasteiger partial charge in [0.25, 0.3) is 0 Å². The van der Waals surface area contributed by atoms with E-state index in [0.717, 1.165) is 42.0 Å². The van der Waals surface area contributed by atoms with Crippen molar-refractivity contribution in [2.75, 3.05) is 13.2 Å². The van der Waals surface area contributed by atoms with Crippen LogP contribution >= 0.6 is 15.9 Å². The molecule has 0 saturated carbocycles. The molecule has 0 aromatic heterocycles. The Morgan fingerprint density at radius 1 is 0.762 bits per heavy atom. The van der Waals surface area contributed by atoms with Crippen molar-refractivity contribution in [3.63, 3.8) is 0 Å². The second-order valence-electron chi connectivity index (χ2n) is 5.41. The van der Waals surface area contributed by atoms with Crippen molar-refractivity contribution in [3.05, 3.63) is 22.7 Å². The highest BCUT2D eigenvalue weighted by Crippen LogP contribution is 2.31. The summed E-state index contributed by atoms with van der Waals surface area (Å²) in [5.74, 6) is 1.72. The standard InChI is InChI=1S/C18H29BrO2/c1-3-5-7-9-13-20-17-12-11-16(19)15-18(17)21-14-10-8-6-4-2/h11-12,15H,3-10,13-14H2,1-2H3. The van der Waals surface area contributed by atoms with Gasteiger partial charge in [-0.15, -0.1) is 0 Å². The third kappa shape index (κ3) is 8.35. The van der Waals surface area contributed by atoms with Gasteiger partial charge in [-0.2, -0.15) is 0 Å². The molecule has 0 aliphatic carbocycles. The minimum atomic E-state index is 0.767. The van der Waals surface area contributed by atoms with E-state index in [1.165, 1.54) is 38.5 Å². The van der Waals surface area contributed by atoms with E-state index in [2.05, 4.69) is 29.8 Å². The van der Waals surface area contributed by atoms with Gasteiger partial charge in [0.2, 0.25) is 0 Å². The van der Waals surface area contributed by atoms with Gasteiger partial charge in [0.15, 0.2) is 11.5 Å². The third-order valence-electron chi connectivity index (χ3n) is 3.42. The summed E-state index contributed by atoms with van der Waals surface area (Å²) < 4.78 is 12.8. The van der Waals surface area contributed by atoms with Crippen molar-refractivity contribution in [1.29, 1.82) is 0 Å². The summed E-state index contributed by atoms with van der Waals surface area (Å²) in [6, 6.07) is 6.00. The molecule has 0 amide bonds. The molecule has 0 bridgehead atoms. The second-order valence-corrected chi connectivity index (χ2v) is 6.32. The Labute approximate surface area is 138 Å². The van der Waals surface area contributed by atoms with Crippen LogP contribution in [0.15, 0.2) is 22.7 Å². The van der Waals surface area contributed by atoms with Crippen LogP contribution in [-0.2, 0) is 0 Å². The average Bonchev–Trinajstić information content (AvgIpc) is 2.48. The molecule has 0 aliphatic heterocycles. The molecule has 0 atom stereocenters. The summed E-state index contributed by atoms with van der Waals surface area (Å²) in [4.78, 5) is 0. The molecule has 21 heavy (non-hydrogen) atoms. The van der Waals surface area contributed by atoms with Crippen LogP contribution in [-0.4, -0.2) is 13.2 Å². The maximum atomic E-state index is 5.89. The summed E-state index contributed by atoms with van der Waals surface area (Å²) in [6.45, 7) is 5.98. The predicted octanol–water partition coefficient (Wildman–Crippen LogP) is 6.37. The maximum Gasteiger partial charge on any atom is 0.162 e. The van der Waals surface area contributed by atoms with E-state index in [1.807, 2.05) is 18.2 Å². The lowest BCUT2D eigenvalue weighted by Gasteiger charge is -2.13. The van der Waals surface area contributed by atoms with Gasteiger partial charge < -0.3 is 9.47 Å². The molecule has 1 aromatic carbocycles. The molecular weight excluding hydrogens is 328 g/mol. The topological polar surface area (TPSA) is 18.5 Å². The molecule has 1 rings (SSSR count). The number of benzene rings is 1. The minimum Gasteiger partial charge on any atom is -0.490 e. The summed E-state index contributed by atoms with van der Waals surface area (Å²) in [7, 11) is 0. The molecule has 120 valence electrons. The number of ether oxygens (including phenoxy) is 2. The molecule has 2 nitrogen and oxygen atoms in total. The molecule has 0 spiro atoms. The van der Waals surface area contributed by atoms with Gasteiger partial charge >= 0.3 is 0 Å². The Hall–Kier alpha value is -0.700. The van der Waals surface area contributed by atoms with Crippen LogP contribution in [0.3, 0.4) is 0 Å². The largest absolute Gasteiger partial charge is 0.490 e. The molecule has 1 aromatic rings. The first-order chi connectivity index (χ1) is 10.3. The Bertz CT molecular complexity index is 379. The van der Waals surface area contributed by atoms with Gasteiger partial charge in [0.05, 0.1) is 13.2 Å². The minimum absolute atomic E-state index is 0.767. The lowest BCUT2D eigenvalue weighted by molar-refractivity contribution is 0.258. The SMILES string of the molecule is CCCCCCOc1ccc(Br)cc1OCCCCCC. The van der Waals surface area contributed by atoms with Crippen LogP contribution < -0.4 is 9.47 Å². The van der Waals surface area contributed by atoms with Crippen LogP contribution in [0.2, 0.25) is 0 Å². The van der Waals surface area contributed by atoms with Crippen molar-refractivity contribution in [3.8, 4) is 11.5 Å². The number of hydrogen-bond donors (Lipinski definition) is 0. The zero-order valence-corrected chi connectivity index (χ0v) is 15.1. The first-order valence-electron chi connectivity index (χ1n) is 8.33. The lowest BCUT2D eigenvalue weighted by Crippen LogP contribution is -2.02. The summed E-state index contributed by atoms with van der Waals surface area (Å²) in [6.07, 6.45) is 9.76. The quantitative estimate of drug-likeness (QED) is 0.405. The van der Waals surface area contributed by atoms with Crippen molar-refractivity contribution >= 4 is 15.9 Å². The molecule has 0 unspecified atom stereocenters. The zero-order chi connectivity index (χ0) is 15.3. The fraction of sp³-hybridized carbons (Fsp3) is 0.667. The van der Waals surface area contributed by atoms with Gasteiger partial charge in [-0.25, -0.2) is 0 Å². The van der Waals surface area contributed by atoms with Gasteiger partial charge in [0, 0.05) is 4.47 Å². The zero-order valence-electron chi connectivity index (χ0n) is 13.5. The van der Waals surface area contributed by atoms with E-state index < -0.39 is 0 Å². The third-order valence-corrected chi connectivity index (χ3v) is 3.91. The first kappa shape index (κ1) is 18.3. The number of unbranched alkanes of at least 4 members (excludes halogenated alkanes) is 6. The molecular formula is C18H29BrO2. The number of rotatable bonds is 12. The predicted molar refractivity (Wildman–Crippen MR) is 93.4 cm³/mol. The van der Waals surface area contributed by atoms with E-state index in [-0.39, 0.29) is 0 Å². The smallest absolute Gasteiger partial charge is 0.162 e. The normalized spacial score (nSPS) is 10.6. The van der Waals surface area contributed by atoms with Crippen LogP contribution in [0.25, 0.3) is 0 Å². The Balaban J connectivity index is 2.39. The van der Waals surface area contributed by atoms with Gasteiger partial charge in [0.1, 0.15) is 0 Å². The van der Waals surface area contributed by atoms with Gasteiger partial charge in [-0.05, 0) is 31.0 Å². The van der Waals surface area contributed by atoms with Crippen LogP contribution in [0.5, 0.6) is 11.5 Å². The van der Waals surface area contributed by atoms with E-state index >= 15 is 0 Å². The molecule has 0 aliphatic rings. The molecule has 0 radical (unpaired) electrons. The van der Waals surface area contributed by atoms with Crippen molar-refractivity contribution in [2.45, 2.75) is 65.2 Å². The Morgan fingerprint density at radius 3 is 1.90 bits per heavy atom. The van der Waals surface area contributed by atoms with E-state index in [9.17, 15) is 0 Å². The molecule has 0 fully saturated rings. The number of halogens is 1. The fourth-order valence-corrected chi connectivity index (χ4v) is 2.48. The molecule has 0 N–H and O–H groups in total. The van der Waals surface area contributed by atoms with Crippen molar-refractivity contribution in [1.82, 2.24) is 0 Å². The molecule has 0 saturated heterocycles. The van der Waals surface area contributed by atoms with Crippen LogP contribution in [0.1, 0.15) is 65.2 Å². The molecule has 3 heteroatoms. The average molecular weight is 357 g/mol. The monoisotopic (exact) mass is 356 g/mol. The van der Waals surface area contributed by atoms with Crippen molar-refractivity contribution < 1.29 is 9.47 Å². The highest BCUT2D eigenvalue weighted by molar-refractivity contribution is 9.10. The highest BCUT2D eigenvalue weighted by Gasteiger charge is 2.06. The van der Waals surface area contributed by atoms with Crippen LogP contribution in [0, 0.1) is 0 Å². The first-order valence-corrected chi connectivity index (χ1v) is 9.12. The summed E-state index contributed by atoms with van der Waals surface area (Å²) in [5, 5.41) is 0. The Morgan fingerprint density at radius 2 is 1.33 bits per heavy atom. The molecule has 0 heterocycles. The van der Waals surface area contributed by atoms with Gasteiger partial charge in [-0.3, -0.25) is 0 Å². The summed E-state index contributed by atoms with van der Waals surface area (Å²) >= 11 is 3.50.